The molecule has 0 unspecified atom stereocenters. The number of hydrazine groups is 1. The van der Waals surface area contributed by atoms with Crippen molar-refractivity contribution in [1.29, 1.82) is 0 Å². The van der Waals surface area contributed by atoms with Gasteiger partial charge in [0.2, 0.25) is 17.8 Å². The minimum absolute atomic E-state index is 0.106. The fraction of sp³-hybridized carbons (Fsp3) is 0.143. The highest BCUT2D eigenvalue weighted by Crippen LogP contribution is 2.06. The maximum atomic E-state index is 10.7. The molecule has 11 heteroatoms. The molecule has 2 heterocycles. The molecule has 0 spiro atoms. The van der Waals surface area contributed by atoms with Gasteiger partial charge < -0.3 is 11.1 Å². The molecule has 0 atom stereocenters. The van der Waals surface area contributed by atoms with E-state index in [-0.39, 0.29) is 24.4 Å². The van der Waals surface area contributed by atoms with Crippen molar-refractivity contribution in [2.75, 3.05) is 17.3 Å². The predicted octanol–water partition coefficient (Wildman–Crippen LogP) is -2.36. The van der Waals surface area contributed by atoms with Crippen LogP contribution in [0.15, 0.2) is 12.7 Å². The highest BCUT2D eigenvalue weighted by molar-refractivity contribution is 5.78. The van der Waals surface area contributed by atoms with E-state index in [1.54, 1.807) is 0 Å². The van der Waals surface area contributed by atoms with Gasteiger partial charge in [-0.3, -0.25) is 10.2 Å². The van der Waals surface area contributed by atoms with Gasteiger partial charge in [-0.15, -0.1) is 0 Å². The summed E-state index contributed by atoms with van der Waals surface area (Å²) in [6, 6.07) is 0. The second-order valence-electron chi connectivity index (χ2n) is 3.09. The number of aromatic nitrogens is 6. The number of nitrogen functional groups attached to an aromatic ring is 1. The normalized spacial score (nSPS) is 10.1. The smallest absolute Gasteiger partial charge is 0.258 e. The van der Waals surface area contributed by atoms with E-state index in [1.165, 1.54) is 17.3 Å². The molecule has 0 aromatic carbocycles. The Morgan fingerprint density at radius 1 is 1.33 bits per heavy atom. The van der Waals surface area contributed by atoms with Gasteiger partial charge in [0, 0.05) is 0 Å². The number of anilines is 2. The van der Waals surface area contributed by atoms with Crippen LogP contribution in [0.1, 0.15) is 0 Å². The lowest BCUT2D eigenvalue weighted by Gasteiger charge is -2.06. The quantitative estimate of drug-likeness (QED) is 0.335. The number of nitrogens with two attached hydrogens (primary N) is 2. The Morgan fingerprint density at radius 3 is 2.72 bits per heavy atom. The highest BCUT2D eigenvalue weighted by atomic mass is 16.1. The number of amides is 1. The summed E-state index contributed by atoms with van der Waals surface area (Å²) in [4.78, 5) is 26.3. The molecule has 0 bridgehead atoms. The zero-order valence-electron chi connectivity index (χ0n) is 9.11. The average Bonchev–Trinajstić information content (AvgIpc) is 2.89. The molecule has 0 aliphatic heterocycles. The zero-order valence-corrected chi connectivity index (χ0v) is 9.11. The molecule has 2 aromatic heterocycles. The summed E-state index contributed by atoms with van der Waals surface area (Å²) in [6.07, 6.45) is 2.74. The van der Waals surface area contributed by atoms with Crippen LogP contribution in [0.3, 0.4) is 0 Å². The van der Waals surface area contributed by atoms with Gasteiger partial charge in [-0.25, -0.2) is 10.8 Å². The lowest BCUT2D eigenvalue weighted by atomic mass is 10.6. The van der Waals surface area contributed by atoms with Crippen molar-refractivity contribution < 1.29 is 4.79 Å². The number of primary amides is 1. The fourth-order valence-corrected chi connectivity index (χ4v) is 1.09. The monoisotopic (exact) mass is 250 g/mol. The molecule has 18 heavy (non-hydrogen) atoms. The van der Waals surface area contributed by atoms with Gasteiger partial charge in [-0.2, -0.15) is 24.7 Å². The van der Waals surface area contributed by atoms with Gasteiger partial charge in [0.15, 0.2) is 0 Å². The Balaban J connectivity index is 2.30. The molecule has 0 saturated heterocycles. The number of nitrogens with zero attached hydrogens (tertiary/aromatic N) is 6. The van der Waals surface area contributed by atoms with Crippen molar-refractivity contribution in [2.24, 2.45) is 11.6 Å². The third kappa shape index (κ3) is 2.65. The minimum atomic E-state index is -0.542. The maximum Gasteiger partial charge on any atom is 0.258 e. The summed E-state index contributed by atoms with van der Waals surface area (Å²) >= 11 is 0. The Hall–Kier alpha value is -2.82. The van der Waals surface area contributed by atoms with E-state index in [0.29, 0.717) is 0 Å². The topological polar surface area (TPSA) is 163 Å². The predicted molar refractivity (Wildman–Crippen MR) is 60.2 cm³/mol. The first-order valence-corrected chi connectivity index (χ1v) is 4.79. The Kier molecular flexibility index (Phi) is 3.24. The number of carbonyl (C=O) groups excluding carboxylic acids is 1. The van der Waals surface area contributed by atoms with Crippen molar-refractivity contribution >= 4 is 17.8 Å². The van der Waals surface area contributed by atoms with E-state index in [4.69, 9.17) is 11.6 Å². The van der Waals surface area contributed by atoms with Gasteiger partial charge >= 0.3 is 0 Å². The molecule has 0 aliphatic rings. The van der Waals surface area contributed by atoms with E-state index in [9.17, 15) is 4.79 Å². The van der Waals surface area contributed by atoms with Crippen molar-refractivity contribution in [1.82, 2.24) is 29.7 Å². The molecule has 0 radical (unpaired) electrons. The number of hydrogen-bond acceptors (Lipinski definition) is 9. The second kappa shape index (κ2) is 5.01. The van der Waals surface area contributed by atoms with E-state index >= 15 is 0 Å². The second-order valence-corrected chi connectivity index (χ2v) is 3.09. The SMILES string of the molecule is NNc1nc(NCC(N)=O)nc(-n2cncn2)n1. The molecule has 2 aromatic rings. The molecular formula is C7H10N10O. The average molecular weight is 250 g/mol. The molecule has 1 amide bonds. The standard InChI is InChI=1S/C7H10N10O/c8-4(18)1-11-5-13-6(16-9)15-7(14-5)17-3-10-2-12-17/h2-3H,1,9H2,(H2,8,18)(H2,11,13,14,15,16). The van der Waals surface area contributed by atoms with Crippen molar-refractivity contribution in [3.05, 3.63) is 12.7 Å². The van der Waals surface area contributed by atoms with Crippen LogP contribution in [0.2, 0.25) is 0 Å². The summed E-state index contributed by atoms with van der Waals surface area (Å²) in [5, 5.41) is 6.49. The number of hydrogen-bond donors (Lipinski definition) is 4. The minimum Gasteiger partial charge on any atom is -0.368 e. The van der Waals surface area contributed by atoms with E-state index in [1.807, 2.05) is 0 Å². The molecule has 0 aliphatic carbocycles. The van der Waals surface area contributed by atoms with Crippen LogP contribution >= 0.6 is 0 Å². The van der Waals surface area contributed by atoms with Crippen LogP contribution in [0.5, 0.6) is 0 Å². The zero-order chi connectivity index (χ0) is 13.0. The first kappa shape index (κ1) is 11.7. The summed E-state index contributed by atoms with van der Waals surface area (Å²) in [7, 11) is 0. The van der Waals surface area contributed by atoms with Gasteiger partial charge in [-0.1, -0.05) is 0 Å². The van der Waals surface area contributed by atoms with Gasteiger partial charge in [-0.05, 0) is 0 Å². The molecule has 6 N–H and O–H groups in total. The van der Waals surface area contributed by atoms with Crippen LogP contribution in [-0.2, 0) is 4.79 Å². The van der Waals surface area contributed by atoms with E-state index in [2.05, 4.69) is 35.8 Å². The summed E-state index contributed by atoms with van der Waals surface area (Å²) in [6.45, 7) is -0.106. The summed E-state index contributed by atoms with van der Waals surface area (Å²) < 4.78 is 1.32. The van der Waals surface area contributed by atoms with E-state index < -0.39 is 5.91 Å². The van der Waals surface area contributed by atoms with Gasteiger partial charge in [0.1, 0.15) is 12.7 Å². The highest BCUT2D eigenvalue weighted by Gasteiger charge is 2.08. The number of rotatable bonds is 5. The largest absolute Gasteiger partial charge is 0.368 e. The summed E-state index contributed by atoms with van der Waals surface area (Å²) in [5.41, 5.74) is 7.28. The summed E-state index contributed by atoms with van der Waals surface area (Å²) in [5.74, 6) is 5.14. The number of carbonyl (C=O) groups is 1. The van der Waals surface area contributed by atoms with Crippen LogP contribution < -0.4 is 22.3 Å². The van der Waals surface area contributed by atoms with Crippen molar-refractivity contribution in [2.45, 2.75) is 0 Å². The van der Waals surface area contributed by atoms with Crippen LogP contribution in [0, 0.1) is 0 Å². The molecule has 11 nitrogen and oxygen atoms in total. The van der Waals surface area contributed by atoms with Crippen LogP contribution in [0.4, 0.5) is 11.9 Å². The molecular weight excluding hydrogens is 240 g/mol. The molecule has 0 saturated carbocycles. The van der Waals surface area contributed by atoms with Crippen LogP contribution in [-0.4, -0.2) is 42.2 Å². The van der Waals surface area contributed by atoms with Gasteiger partial charge in [0.25, 0.3) is 5.95 Å². The Bertz CT molecular complexity index is 537. The fourth-order valence-electron chi connectivity index (χ4n) is 1.09. The third-order valence-electron chi connectivity index (χ3n) is 1.80. The molecule has 94 valence electrons. The lowest BCUT2D eigenvalue weighted by molar-refractivity contribution is -0.116. The van der Waals surface area contributed by atoms with Crippen molar-refractivity contribution in [3.63, 3.8) is 0 Å². The Labute approximate surface area is 101 Å². The van der Waals surface area contributed by atoms with Crippen molar-refractivity contribution in [3.8, 4) is 5.95 Å². The third-order valence-corrected chi connectivity index (χ3v) is 1.80. The first-order valence-electron chi connectivity index (χ1n) is 4.79. The number of nitrogens with one attached hydrogen (secondary N) is 2. The van der Waals surface area contributed by atoms with Gasteiger partial charge in [0.05, 0.1) is 6.54 Å². The maximum absolute atomic E-state index is 10.7. The lowest BCUT2D eigenvalue weighted by Crippen LogP contribution is -2.24. The molecule has 0 fully saturated rings. The Morgan fingerprint density at radius 2 is 2.11 bits per heavy atom. The van der Waals surface area contributed by atoms with Crippen LogP contribution in [0.25, 0.3) is 5.95 Å². The molecule has 2 rings (SSSR count). The first-order chi connectivity index (χ1) is 8.69. The van der Waals surface area contributed by atoms with E-state index in [0.717, 1.165) is 0 Å².